The summed E-state index contributed by atoms with van der Waals surface area (Å²) >= 11 is 0. The summed E-state index contributed by atoms with van der Waals surface area (Å²) in [4.78, 5) is 18.8. The van der Waals surface area contributed by atoms with E-state index in [0.29, 0.717) is 25.5 Å². The van der Waals surface area contributed by atoms with Gasteiger partial charge in [0.2, 0.25) is 5.91 Å². The molecule has 2 aromatic rings. The number of nitrogens with zero attached hydrogens (tertiary/aromatic N) is 2. The lowest BCUT2D eigenvalue weighted by Crippen LogP contribution is -2.37. The van der Waals surface area contributed by atoms with Crippen molar-refractivity contribution in [2.45, 2.75) is 6.92 Å². The van der Waals surface area contributed by atoms with Gasteiger partial charge in [0, 0.05) is 25.4 Å². The highest BCUT2D eigenvalue weighted by Crippen LogP contribution is 2.23. The highest BCUT2D eigenvalue weighted by molar-refractivity contribution is 6.03. The molecule has 1 fully saturated rings. The summed E-state index contributed by atoms with van der Waals surface area (Å²) in [5, 5.41) is 2.91. The van der Waals surface area contributed by atoms with Crippen LogP contribution in [0.2, 0.25) is 0 Å². The van der Waals surface area contributed by atoms with E-state index in [4.69, 9.17) is 9.47 Å². The molecule has 26 heavy (non-hydrogen) atoms. The van der Waals surface area contributed by atoms with Gasteiger partial charge in [-0.15, -0.1) is 0 Å². The SMILES string of the molecule is CCOc1ccc(/C=C/C(=O)Nc2cccnc2N2CCOCC2)cc1. The molecular weight excluding hydrogens is 330 g/mol. The smallest absolute Gasteiger partial charge is 0.248 e. The average molecular weight is 353 g/mol. The molecule has 6 heteroatoms. The molecule has 1 amide bonds. The van der Waals surface area contributed by atoms with Crippen LogP contribution in [-0.2, 0) is 9.53 Å². The predicted molar refractivity (Wildman–Crippen MR) is 103 cm³/mol. The van der Waals surface area contributed by atoms with E-state index >= 15 is 0 Å². The van der Waals surface area contributed by atoms with E-state index < -0.39 is 0 Å². The largest absolute Gasteiger partial charge is 0.494 e. The van der Waals surface area contributed by atoms with Crippen molar-refractivity contribution in [3.63, 3.8) is 0 Å². The number of carbonyl (C=O) groups excluding carboxylic acids is 1. The van der Waals surface area contributed by atoms with Crippen LogP contribution < -0.4 is 15.0 Å². The minimum absolute atomic E-state index is 0.193. The Morgan fingerprint density at radius 3 is 2.77 bits per heavy atom. The van der Waals surface area contributed by atoms with Crippen molar-refractivity contribution in [1.82, 2.24) is 4.98 Å². The molecule has 0 unspecified atom stereocenters. The van der Waals surface area contributed by atoms with Crippen LogP contribution in [0.5, 0.6) is 5.75 Å². The zero-order valence-electron chi connectivity index (χ0n) is 14.9. The van der Waals surface area contributed by atoms with Gasteiger partial charge in [-0.05, 0) is 42.8 Å². The van der Waals surface area contributed by atoms with Crippen molar-refractivity contribution < 1.29 is 14.3 Å². The van der Waals surface area contributed by atoms with Gasteiger partial charge in [-0.25, -0.2) is 4.98 Å². The van der Waals surface area contributed by atoms with Gasteiger partial charge in [-0.3, -0.25) is 4.79 Å². The highest BCUT2D eigenvalue weighted by Gasteiger charge is 2.16. The van der Waals surface area contributed by atoms with Crippen LogP contribution >= 0.6 is 0 Å². The number of nitrogens with one attached hydrogen (secondary N) is 1. The number of morpholine rings is 1. The number of carbonyl (C=O) groups is 1. The first kappa shape index (κ1) is 17.9. The maximum absolute atomic E-state index is 12.3. The van der Waals surface area contributed by atoms with Crippen LogP contribution in [0.25, 0.3) is 6.08 Å². The van der Waals surface area contributed by atoms with Crippen LogP contribution in [0, 0.1) is 0 Å². The van der Waals surface area contributed by atoms with Crippen molar-refractivity contribution >= 4 is 23.5 Å². The summed E-state index contributed by atoms with van der Waals surface area (Å²) in [5.41, 5.74) is 1.64. The molecule has 1 aliphatic rings. The maximum Gasteiger partial charge on any atom is 0.248 e. The fourth-order valence-electron chi connectivity index (χ4n) is 2.71. The molecule has 0 aliphatic carbocycles. The molecule has 0 saturated carbocycles. The van der Waals surface area contributed by atoms with Crippen molar-refractivity contribution in [1.29, 1.82) is 0 Å². The molecule has 1 aromatic heterocycles. The van der Waals surface area contributed by atoms with Crippen LogP contribution in [0.15, 0.2) is 48.7 Å². The van der Waals surface area contributed by atoms with E-state index in [1.54, 1.807) is 12.3 Å². The highest BCUT2D eigenvalue weighted by atomic mass is 16.5. The average Bonchev–Trinajstić information content (AvgIpc) is 2.69. The molecular formula is C20H23N3O3. The van der Waals surface area contributed by atoms with E-state index in [9.17, 15) is 4.79 Å². The van der Waals surface area contributed by atoms with Gasteiger partial charge in [-0.1, -0.05) is 12.1 Å². The zero-order chi connectivity index (χ0) is 18.2. The summed E-state index contributed by atoms with van der Waals surface area (Å²) in [5.74, 6) is 1.40. The molecule has 1 aromatic carbocycles. The lowest BCUT2D eigenvalue weighted by molar-refractivity contribution is -0.111. The normalized spacial score (nSPS) is 14.4. The number of pyridine rings is 1. The van der Waals surface area contributed by atoms with Gasteiger partial charge >= 0.3 is 0 Å². The Morgan fingerprint density at radius 1 is 1.27 bits per heavy atom. The minimum atomic E-state index is -0.193. The summed E-state index contributed by atoms with van der Waals surface area (Å²) < 4.78 is 10.8. The second-order valence-electron chi connectivity index (χ2n) is 5.80. The Hall–Kier alpha value is -2.86. The minimum Gasteiger partial charge on any atom is -0.494 e. The molecule has 1 N–H and O–H groups in total. The number of hydrogen-bond donors (Lipinski definition) is 1. The summed E-state index contributed by atoms with van der Waals surface area (Å²) in [7, 11) is 0. The Bertz CT molecular complexity index is 753. The van der Waals surface area contributed by atoms with Gasteiger partial charge in [-0.2, -0.15) is 0 Å². The quantitative estimate of drug-likeness (QED) is 0.809. The molecule has 0 atom stereocenters. The van der Waals surface area contributed by atoms with Crippen LogP contribution in [0.3, 0.4) is 0 Å². The monoisotopic (exact) mass is 353 g/mol. The molecule has 1 saturated heterocycles. The summed E-state index contributed by atoms with van der Waals surface area (Å²) in [6.45, 7) is 5.45. The molecule has 2 heterocycles. The number of hydrogen-bond acceptors (Lipinski definition) is 5. The number of rotatable bonds is 6. The third kappa shape index (κ3) is 4.83. The fraction of sp³-hybridized carbons (Fsp3) is 0.300. The predicted octanol–water partition coefficient (Wildman–Crippen LogP) is 2.97. The Labute approximate surface area is 153 Å². The number of amides is 1. The van der Waals surface area contributed by atoms with Gasteiger partial charge in [0.25, 0.3) is 0 Å². The van der Waals surface area contributed by atoms with E-state index in [2.05, 4.69) is 15.2 Å². The number of aromatic nitrogens is 1. The van der Waals surface area contributed by atoms with Gasteiger partial charge in [0.15, 0.2) is 5.82 Å². The topological polar surface area (TPSA) is 63.7 Å². The van der Waals surface area contributed by atoms with Crippen molar-refractivity contribution in [2.24, 2.45) is 0 Å². The molecule has 1 aliphatic heterocycles. The third-order valence-corrected chi connectivity index (χ3v) is 3.97. The van der Waals surface area contributed by atoms with Crippen molar-refractivity contribution in [2.75, 3.05) is 43.1 Å². The molecule has 3 rings (SSSR count). The lowest BCUT2D eigenvalue weighted by Gasteiger charge is -2.29. The van der Waals surface area contributed by atoms with E-state index in [0.717, 1.165) is 30.2 Å². The van der Waals surface area contributed by atoms with Crippen molar-refractivity contribution in [3.8, 4) is 5.75 Å². The summed E-state index contributed by atoms with van der Waals surface area (Å²) in [6.07, 6.45) is 5.03. The Kier molecular flexibility index (Phi) is 6.22. The second-order valence-corrected chi connectivity index (χ2v) is 5.80. The maximum atomic E-state index is 12.3. The van der Waals surface area contributed by atoms with E-state index in [1.807, 2.05) is 43.3 Å². The second kappa shape index (κ2) is 9.01. The number of benzene rings is 1. The Morgan fingerprint density at radius 2 is 2.04 bits per heavy atom. The van der Waals surface area contributed by atoms with Gasteiger partial charge in [0.1, 0.15) is 5.75 Å². The zero-order valence-corrected chi connectivity index (χ0v) is 14.9. The third-order valence-electron chi connectivity index (χ3n) is 3.97. The van der Waals surface area contributed by atoms with Crippen LogP contribution in [0.1, 0.15) is 12.5 Å². The molecule has 0 radical (unpaired) electrons. The van der Waals surface area contributed by atoms with E-state index in [1.165, 1.54) is 6.08 Å². The number of anilines is 2. The standard InChI is InChI=1S/C20H23N3O3/c1-2-26-17-8-5-16(6-9-17)7-10-19(24)22-18-4-3-11-21-20(18)23-12-14-25-15-13-23/h3-11H,2,12-15H2,1H3,(H,22,24)/b10-7+. The van der Waals surface area contributed by atoms with Crippen molar-refractivity contribution in [3.05, 3.63) is 54.2 Å². The molecule has 0 bridgehead atoms. The van der Waals surface area contributed by atoms with E-state index in [-0.39, 0.29) is 5.91 Å². The molecule has 136 valence electrons. The first-order chi connectivity index (χ1) is 12.8. The molecule has 0 spiro atoms. The Balaban J connectivity index is 1.64. The molecule has 6 nitrogen and oxygen atoms in total. The number of ether oxygens (including phenoxy) is 2. The van der Waals surface area contributed by atoms with Crippen LogP contribution in [-0.4, -0.2) is 43.8 Å². The van der Waals surface area contributed by atoms with Crippen LogP contribution in [0.4, 0.5) is 11.5 Å². The first-order valence-electron chi connectivity index (χ1n) is 8.76. The summed E-state index contributed by atoms with van der Waals surface area (Å²) in [6, 6.07) is 11.3. The van der Waals surface area contributed by atoms with Gasteiger partial charge < -0.3 is 19.7 Å². The van der Waals surface area contributed by atoms with Gasteiger partial charge in [0.05, 0.1) is 25.5 Å². The first-order valence-corrected chi connectivity index (χ1v) is 8.76. The lowest BCUT2D eigenvalue weighted by atomic mass is 10.2. The fourth-order valence-corrected chi connectivity index (χ4v) is 2.71.